The molecule has 9 heteroatoms. The van der Waals surface area contributed by atoms with Crippen LogP contribution >= 0.6 is 0 Å². The molecular formula is C16H18F2N2O5. The highest BCUT2D eigenvalue weighted by molar-refractivity contribution is 5.95. The highest BCUT2D eigenvalue weighted by Gasteiger charge is 2.32. The molecule has 0 unspecified atom stereocenters. The number of methoxy groups -OCH3 is 1. The van der Waals surface area contributed by atoms with Gasteiger partial charge in [0, 0.05) is 5.70 Å². The Morgan fingerprint density at radius 1 is 1.32 bits per heavy atom. The summed E-state index contributed by atoms with van der Waals surface area (Å²) in [6.07, 6.45) is 0. The van der Waals surface area contributed by atoms with Gasteiger partial charge in [-0.15, -0.1) is 0 Å². The van der Waals surface area contributed by atoms with Gasteiger partial charge in [-0.2, -0.15) is 8.78 Å². The van der Waals surface area contributed by atoms with Crippen LogP contribution in [-0.2, 0) is 9.53 Å². The fourth-order valence-electron chi connectivity index (χ4n) is 2.48. The summed E-state index contributed by atoms with van der Waals surface area (Å²) >= 11 is 0. The summed E-state index contributed by atoms with van der Waals surface area (Å²) in [4.78, 5) is 24.0. The number of hydrogen-bond acceptors (Lipinski definition) is 5. The first kappa shape index (κ1) is 18.5. The fourth-order valence-corrected chi connectivity index (χ4v) is 2.48. The van der Waals surface area contributed by atoms with E-state index < -0.39 is 24.7 Å². The van der Waals surface area contributed by atoms with Crippen LogP contribution < -0.4 is 20.1 Å². The van der Waals surface area contributed by atoms with Gasteiger partial charge < -0.3 is 24.8 Å². The van der Waals surface area contributed by atoms with Crippen LogP contribution in [0.3, 0.4) is 0 Å². The van der Waals surface area contributed by atoms with Crippen LogP contribution in [0.1, 0.15) is 25.5 Å². The van der Waals surface area contributed by atoms with E-state index in [0.717, 1.165) is 0 Å². The molecule has 1 aromatic rings. The number of halogens is 2. The predicted octanol–water partition coefficient (Wildman–Crippen LogP) is 2.49. The number of amides is 2. The van der Waals surface area contributed by atoms with Crippen molar-refractivity contribution in [1.29, 1.82) is 0 Å². The van der Waals surface area contributed by atoms with Crippen LogP contribution in [-0.4, -0.2) is 32.3 Å². The molecular weight excluding hydrogens is 338 g/mol. The lowest BCUT2D eigenvalue weighted by atomic mass is 9.95. The molecule has 0 aromatic heterocycles. The zero-order valence-corrected chi connectivity index (χ0v) is 13.9. The molecule has 136 valence electrons. The third-order valence-corrected chi connectivity index (χ3v) is 3.50. The number of urea groups is 1. The molecule has 1 heterocycles. The van der Waals surface area contributed by atoms with E-state index in [2.05, 4.69) is 15.4 Å². The predicted molar refractivity (Wildman–Crippen MR) is 83.4 cm³/mol. The van der Waals surface area contributed by atoms with Crippen molar-refractivity contribution in [3.05, 3.63) is 35.0 Å². The SMILES string of the molecule is CCOC(=O)C1=C(C)NC(=O)N[C@H]1c1ccc(OC(F)F)c(OC)c1. The largest absolute Gasteiger partial charge is 0.493 e. The molecule has 0 spiro atoms. The van der Waals surface area contributed by atoms with E-state index in [1.54, 1.807) is 13.8 Å². The van der Waals surface area contributed by atoms with E-state index >= 15 is 0 Å². The molecule has 0 saturated carbocycles. The number of rotatable bonds is 6. The Labute approximate surface area is 142 Å². The van der Waals surface area contributed by atoms with Gasteiger partial charge in [0.2, 0.25) is 0 Å². The summed E-state index contributed by atoms with van der Waals surface area (Å²) < 4.78 is 39.3. The third kappa shape index (κ3) is 4.17. The molecule has 1 aromatic carbocycles. The van der Waals surface area contributed by atoms with Crippen molar-refractivity contribution in [3.63, 3.8) is 0 Å². The molecule has 0 fully saturated rings. The summed E-state index contributed by atoms with van der Waals surface area (Å²) in [5.74, 6) is -0.698. The molecule has 2 N–H and O–H groups in total. The minimum absolute atomic E-state index is 0.0476. The van der Waals surface area contributed by atoms with Crippen molar-refractivity contribution in [1.82, 2.24) is 10.6 Å². The molecule has 1 aliphatic rings. The number of nitrogens with one attached hydrogen (secondary N) is 2. The molecule has 1 aliphatic heterocycles. The standard InChI is InChI=1S/C16H18F2N2O5/c1-4-24-14(21)12-8(2)19-16(22)20-13(12)9-5-6-10(25-15(17)18)11(7-9)23-3/h5-7,13,15H,4H2,1-3H3,(H2,19,20,22)/t13-/m0/s1. The Kier molecular flexibility index (Phi) is 5.79. The number of hydrogen-bond donors (Lipinski definition) is 2. The Bertz CT molecular complexity index is 706. The molecule has 0 radical (unpaired) electrons. The highest BCUT2D eigenvalue weighted by atomic mass is 19.3. The maximum Gasteiger partial charge on any atom is 0.387 e. The van der Waals surface area contributed by atoms with E-state index in [0.29, 0.717) is 11.3 Å². The maximum absolute atomic E-state index is 12.4. The van der Waals surface area contributed by atoms with Crippen LogP contribution in [0, 0.1) is 0 Å². The number of carbonyl (C=O) groups excluding carboxylic acids is 2. The van der Waals surface area contributed by atoms with Crippen LogP contribution in [0.2, 0.25) is 0 Å². The van der Waals surface area contributed by atoms with Crippen molar-refractivity contribution in [3.8, 4) is 11.5 Å². The average Bonchev–Trinajstić information content (AvgIpc) is 2.54. The van der Waals surface area contributed by atoms with E-state index in [9.17, 15) is 18.4 Å². The number of ether oxygens (including phenoxy) is 3. The van der Waals surface area contributed by atoms with Crippen LogP contribution in [0.15, 0.2) is 29.5 Å². The lowest BCUT2D eigenvalue weighted by Gasteiger charge is -2.28. The maximum atomic E-state index is 12.4. The lowest BCUT2D eigenvalue weighted by molar-refractivity contribution is -0.139. The quantitative estimate of drug-likeness (QED) is 0.765. The summed E-state index contributed by atoms with van der Waals surface area (Å²) in [6, 6.07) is 2.85. The van der Waals surface area contributed by atoms with E-state index in [1.165, 1.54) is 25.3 Å². The third-order valence-electron chi connectivity index (χ3n) is 3.50. The highest BCUT2D eigenvalue weighted by Crippen LogP contribution is 2.35. The number of alkyl halides is 2. The monoisotopic (exact) mass is 356 g/mol. The molecule has 1 atom stereocenters. The second kappa shape index (κ2) is 7.82. The van der Waals surface area contributed by atoms with Gasteiger partial charge in [0.05, 0.1) is 25.3 Å². The molecule has 25 heavy (non-hydrogen) atoms. The summed E-state index contributed by atoms with van der Waals surface area (Å²) in [5.41, 5.74) is 1.01. The second-order valence-electron chi connectivity index (χ2n) is 5.08. The number of allylic oxidation sites excluding steroid dienone is 1. The van der Waals surface area contributed by atoms with Gasteiger partial charge in [0.1, 0.15) is 0 Å². The van der Waals surface area contributed by atoms with E-state index in [-0.39, 0.29) is 23.7 Å². The summed E-state index contributed by atoms with van der Waals surface area (Å²) in [5, 5.41) is 5.12. The topological polar surface area (TPSA) is 85.9 Å². The molecule has 2 rings (SSSR count). The minimum Gasteiger partial charge on any atom is -0.493 e. The second-order valence-corrected chi connectivity index (χ2v) is 5.08. The first-order valence-electron chi connectivity index (χ1n) is 7.45. The van der Waals surface area contributed by atoms with E-state index in [4.69, 9.17) is 9.47 Å². The number of esters is 1. The smallest absolute Gasteiger partial charge is 0.387 e. The zero-order chi connectivity index (χ0) is 18.6. The van der Waals surface area contributed by atoms with Gasteiger partial charge in [-0.1, -0.05) is 6.07 Å². The molecule has 2 amide bonds. The van der Waals surface area contributed by atoms with Crippen molar-refractivity contribution in [2.45, 2.75) is 26.5 Å². The molecule has 0 bridgehead atoms. The van der Waals surface area contributed by atoms with Crippen molar-refractivity contribution in [2.24, 2.45) is 0 Å². The Hall–Kier alpha value is -2.84. The molecule has 7 nitrogen and oxygen atoms in total. The lowest BCUT2D eigenvalue weighted by Crippen LogP contribution is -2.45. The molecule has 0 saturated heterocycles. The van der Waals surface area contributed by atoms with Crippen LogP contribution in [0.4, 0.5) is 13.6 Å². The Balaban J connectivity index is 2.44. The normalized spacial score (nSPS) is 17.0. The van der Waals surface area contributed by atoms with Crippen LogP contribution in [0.5, 0.6) is 11.5 Å². The van der Waals surface area contributed by atoms with Crippen molar-refractivity contribution in [2.75, 3.05) is 13.7 Å². The Morgan fingerprint density at radius 3 is 2.64 bits per heavy atom. The summed E-state index contributed by atoms with van der Waals surface area (Å²) in [6.45, 7) is 0.400. The number of benzene rings is 1. The number of carbonyl (C=O) groups is 2. The van der Waals surface area contributed by atoms with Gasteiger partial charge in [-0.05, 0) is 31.5 Å². The van der Waals surface area contributed by atoms with Crippen molar-refractivity contribution >= 4 is 12.0 Å². The average molecular weight is 356 g/mol. The first-order chi connectivity index (χ1) is 11.9. The Morgan fingerprint density at radius 2 is 2.04 bits per heavy atom. The van der Waals surface area contributed by atoms with Gasteiger partial charge in [0.25, 0.3) is 0 Å². The minimum atomic E-state index is -3.00. The van der Waals surface area contributed by atoms with E-state index in [1.807, 2.05) is 0 Å². The van der Waals surface area contributed by atoms with Gasteiger partial charge in [-0.3, -0.25) is 0 Å². The van der Waals surface area contributed by atoms with Crippen LogP contribution in [0.25, 0.3) is 0 Å². The summed E-state index contributed by atoms with van der Waals surface area (Å²) in [7, 11) is 1.30. The van der Waals surface area contributed by atoms with Gasteiger partial charge >= 0.3 is 18.6 Å². The fraction of sp³-hybridized carbons (Fsp3) is 0.375. The van der Waals surface area contributed by atoms with Gasteiger partial charge in [0.15, 0.2) is 11.5 Å². The molecule has 0 aliphatic carbocycles. The van der Waals surface area contributed by atoms with Gasteiger partial charge in [-0.25, -0.2) is 9.59 Å². The van der Waals surface area contributed by atoms with Crippen molar-refractivity contribution < 1.29 is 32.6 Å². The first-order valence-corrected chi connectivity index (χ1v) is 7.45. The zero-order valence-electron chi connectivity index (χ0n) is 13.9.